The van der Waals surface area contributed by atoms with E-state index in [9.17, 15) is 24.9 Å². The van der Waals surface area contributed by atoms with Gasteiger partial charge in [-0.05, 0) is 129 Å². The summed E-state index contributed by atoms with van der Waals surface area (Å²) in [5, 5.41) is 31.8. The molecule has 0 bridgehead atoms. The zero-order valence-electron chi connectivity index (χ0n) is 34.8. The molecule has 2 heterocycles. The Labute approximate surface area is 337 Å². The maximum absolute atomic E-state index is 12.3. The first-order chi connectivity index (χ1) is 25.9. The quantitative estimate of drug-likeness (QED) is 0.0989. The highest BCUT2D eigenvalue weighted by Crippen LogP contribution is 2.56. The summed E-state index contributed by atoms with van der Waals surface area (Å²) in [6, 6.07) is 7.02. The van der Waals surface area contributed by atoms with Crippen LogP contribution in [0, 0.1) is 11.8 Å². The van der Waals surface area contributed by atoms with Crippen molar-refractivity contribution in [2.45, 2.75) is 155 Å². The van der Waals surface area contributed by atoms with Crippen molar-refractivity contribution < 1.29 is 39.1 Å². The summed E-state index contributed by atoms with van der Waals surface area (Å²) < 4.78 is 17.9. The van der Waals surface area contributed by atoms with Crippen LogP contribution in [0.4, 0.5) is 0 Å². The first-order valence-electron chi connectivity index (χ1n) is 20.2. The van der Waals surface area contributed by atoms with E-state index in [0.29, 0.717) is 35.5 Å². The molecule has 0 unspecified atom stereocenters. The molecule has 4 aliphatic rings. The van der Waals surface area contributed by atoms with Crippen molar-refractivity contribution in [3.8, 4) is 23.0 Å². The van der Waals surface area contributed by atoms with E-state index in [1.165, 1.54) is 24.0 Å². The predicted octanol–water partition coefficient (Wildman–Crippen LogP) is 11.8. The average Bonchev–Trinajstić information content (AvgIpc) is 3.10. The van der Waals surface area contributed by atoms with E-state index in [2.05, 4.69) is 83.5 Å². The number of carbonyl (C=O) groups excluding carboxylic acids is 1. The molecule has 2 aliphatic heterocycles. The summed E-state index contributed by atoms with van der Waals surface area (Å²) in [7, 11) is 0. The first kappa shape index (κ1) is 44.3. The third kappa shape index (κ3) is 10.3. The molecule has 0 radical (unpaired) electrons. The van der Waals surface area contributed by atoms with E-state index in [-0.39, 0.29) is 40.5 Å². The number of phenolic OH excluding ortho intramolecular Hbond substituents is 2. The first-order valence-corrected chi connectivity index (χ1v) is 21.4. The van der Waals surface area contributed by atoms with Gasteiger partial charge in [0.25, 0.3) is 0 Å². The van der Waals surface area contributed by atoms with Gasteiger partial charge in [-0.2, -0.15) is 0 Å². The molecule has 8 nitrogen and oxygen atoms in total. The van der Waals surface area contributed by atoms with Crippen molar-refractivity contribution in [1.29, 1.82) is 0 Å². The molecule has 304 valence electrons. The number of hydrogen-bond acceptors (Lipinski definition) is 7. The minimum atomic E-state index is -0.909. The lowest BCUT2D eigenvalue weighted by molar-refractivity contribution is -0.145. The van der Waals surface area contributed by atoms with Crippen molar-refractivity contribution >= 4 is 27.9 Å². The number of rotatable bonds is 9. The van der Waals surface area contributed by atoms with Gasteiger partial charge in [-0.15, -0.1) is 0 Å². The third-order valence-corrected chi connectivity index (χ3v) is 12.6. The maximum atomic E-state index is 12.3. The van der Waals surface area contributed by atoms with Crippen LogP contribution < -0.4 is 9.47 Å². The molecule has 0 spiro atoms. The number of carboxylic acid groups (broad SMARTS) is 1. The second-order valence-electron chi connectivity index (χ2n) is 17.1. The molecule has 2 aromatic carbocycles. The minimum Gasteiger partial charge on any atom is -0.508 e. The minimum absolute atomic E-state index is 0.158. The Bertz CT molecular complexity index is 1740. The molecule has 3 N–H and O–H groups in total. The largest absolute Gasteiger partial charge is 0.508 e. The lowest BCUT2D eigenvalue weighted by Crippen LogP contribution is -2.45. The summed E-state index contributed by atoms with van der Waals surface area (Å²) in [6.07, 6.45) is 12.7. The van der Waals surface area contributed by atoms with Gasteiger partial charge >= 0.3 is 11.9 Å². The van der Waals surface area contributed by atoms with Gasteiger partial charge in [-0.25, -0.2) is 0 Å². The summed E-state index contributed by atoms with van der Waals surface area (Å²) in [6.45, 7) is 20.8. The van der Waals surface area contributed by atoms with Crippen LogP contribution in [-0.4, -0.2) is 50.4 Å². The van der Waals surface area contributed by atoms with Crippen molar-refractivity contribution in [3.63, 3.8) is 0 Å². The Morgan fingerprint density at radius 1 is 0.782 bits per heavy atom. The number of carboxylic acids is 1. The van der Waals surface area contributed by atoms with Crippen molar-refractivity contribution in [2.24, 2.45) is 11.8 Å². The Balaban J connectivity index is 0.000000220. The monoisotopic (exact) mass is 824 g/mol. The number of esters is 1. The fourth-order valence-corrected chi connectivity index (χ4v) is 9.09. The molecule has 2 aromatic rings. The summed E-state index contributed by atoms with van der Waals surface area (Å²) in [5.41, 5.74) is 5.08. The van der Waals surface area contributed by atoms with Crippen LogP contribution in [-0.2, 0) is 14.3 Å². The van der Waals surface area contributed by atoms with E-state index in [1.54, 1.807) is 25.1 Å². The predicted molar refractivity (Wildman–Crippen MR) is 223 cm³/mol. The van der Waals surface area contributed by atoms with Gasteiger partial charge in [0.2, 0.25) is 0 Å². The number of aliphatic carboxylic acids is 1. The highest BCUT2D eigenvalue weighted by Gasteiger charge is 2.47. The lowest BCUT2D eigenvalue weighted by atomic mass is 9.67. The number of allylic oxidation sites excluding steroid dienone is 4. The van der Waals surface area contributed by atoms with E-state index in [4.69, 9.17) is 14.2 Å². The van der Waals surface area contributed by atoms with Crippen LogP contribution in [0.1, 0.15) is 167 Å². The number of halogens is 1. The third-order valence-electron chi connectivity index (χ3n) is 12.0. The van der Waals surface area contributed by atoms with Crippen molar-refractivity contribution in [2.75, 3.05) is 11.9 Å². The molecule has 2 aliphatic carbocycles. The molecule has 6 atom stereocenters. The molecule has 55 heavy (non-hydrogen) atoms. The molecular weight excluding hydrogens is 760 g/mol. The number of aromatic hydroxyl groups is 2. The molecule has 0 saturated heterocycles. The molecular formula is C46H65BrO8. The molecule has 6 rings (SSSR count). The molecule has 9 heteroatoms. The van der Waals surface area contributed by atoms with Crippen molar-refractivity contribution in [1.82, 2.24) is 0 Å². The summed E-state index contributed by atoms with van der Waals surface area (Å²) in [4.78, 5) is 23.6. The number of fused-ring (bicyclic) bond motifs is 6. The summed E-state index contributed by atoms with van der Waals surface area (Å²) in [5.74, 6) is 0.562. The van der Waals surface area contributed by atoms with Crippen LogP contribution in [0.15, 0.2) is 47.6 Å². The smallest absolute Gasteiger partial charge is 0.313 e. The van der Waals surface area contributed by atoms with Crippen molar-refractivity contribution in [3.05, 3.63) is 69.8 Å². The topological polar surface area (TPSA) is 123 Å². The van der Waals surface area contributed by atoms with Gasteiger partial charge in [-0.3, -0.25) is 9.59 Å². The van der Waals surface area contributed by atoms with Gasteiger partial charge in [-0.1, -0.05) is 65.9 Å². The fourth-order valence-electron chi connectivity index (χ4n) is 8.52. The van der Waals surface area contributed by atoms with Crippen LogP contribution in [0.3, 0.4) is 0 Å². The Hall–Kier alpha value is -3.46. The van der Waals surface area contributed by atoms with E-state index in [0.717, 1.165) is 60.5 Å². The highest BCUT2D eigenvalue weighted by molar-refractivity contribution is 9.09. The van der Waals surface area contributed by atoms with Gasteiger partial charge in [0.05, 0.1) is 18.4 Å². The number of hydrogen-bond donors (Lipinski definition) is 3. The van der Waals surface area contributed by atoms with Gasteiger partial charge < -0.3 is 29.5 Å². The van der Waals surface area contributed by atoms with E-state index >= 15 is 0 Å². The number of phenols is 2. The normalized spacial score (nSPS) is 23.6. The van der Waals surface area contributed by atoms with Crippen LogP contribution in [0.25, 0.3) is 0 Å². The lowest BCUT2D eigenvalue weighted by Gasteiger charge is -2.47. The van der Waals surface area contributed by atoms with Crippen LogP contribution in [0.2, 0.25) is 0 Å². The fraction of sp³-hybridized carbons (Fsp3) is 0.609. The van der Waals surface area contributed by atoms with Crippen LogP contribution >= 0.6 is 15.9 Å². The van der Waals surface area contributed by atoms with Crippen LogP contribution in [0.5, 0.6) is 23.0 Å². The number of ether oxygens (including phenoxy) is 3. The second-order valence-corrected chi connectivity index (χ2v) is 17.9. The number of carbonyl (C=O) groups is 2. The van der Waals surface area contributed by atoms with E-state index in [1.807, 2.05) is 13.0 Å². The van der Waals surface area contributed by atoms with Gasteiger partial charge in [0.15, 0.2) is 0 Å². The Kier molecular flexibility index (Phi) is 15.0. The molecule has 0 amide bonds. The number of benzene rings is 2. The zero-order chi connectivity index (χ0) is 40.8. The second kappa shape index (κ2) is 18.7. The van der Waals surface area contributed by atoms with Gasteiger partial charge in [0, 0.05) is 40.1 Å². The average molecular weight is 826 g/mol. The molecule has 0 aromatic heterocycles. The Morgan fingerprint density at radius 2 is 1.22 bits per heavy atom. The maximum Gasteiger partial charge on any atom is 0.313 e. The number of unbranched alkanes of at least 4 members (excludes halogenated alkanes) is 2. The SMILES string of the molecule is CC1=CC[C@@H]2[C@@H](C1)c1c(O)cc([C@H](C)C(=O)O)cc1OC2(C)C.CCCCBr.CCCCOC(=O)[C@@H](C)c1cc(O)c2c(c1)OC(C)(C)[C@@H]1CC=C(C)C[C@@H]21. The molecule has 0 saturated carbocycles. The summed E-state index contributed by atoms with van der Waals surface area (Å²) >= 11 is 3.31. The Morgan fingerprint density at radius 3 is 1.60 bits per heavy atom. The standard InChI is InChI=1S/C23H32O4.C19H24O4.C4H9Br/c1-6-7-10-26-22(25)15(3)16-12-19(24)21-17-11-14(2)8-9-18(17)23(4,5)27-20(21)13-16;1-10-5-6-14-13(7-10)17-15(20)8-12(11(2)18(21)22)9-16(17)23-19(14,3)4;1-2-3-4-5/h8,12-13,15,17-18,24H,6-7,9-11H2,1-5H3;5,8-9,11,13-14,20H,6-7H2,1-4H3,(H,21,22);2-4H2,1H3/t15-,17+,18+;11-,13+,14+;/m00./s1. The van der Waals surface area contributed by atoms with E-state index < -0.39 is 17.8 Å². The molecule has 0 fully saturated rings. The zero-order valence-corrected chi connectivity index (χ0v) is 36.3. The number of alkyl halides is 1. The van der Waals surface area contributed by atoms with Gasteiger partial charge in [0.1, 0.15) is 34.2 Å². The highest BCUT2D eigenvalue weighted by atomic mass is 79.9.